The van der Waals surface area contributed by atoms with Gasteiger partial charge in [0.15, 0.2) is 11.6 Å². The van der Waals surface area contributed by atoms with Gasteiger partial charge < -0.3 is 9.47 Å². The molecule has 3 heteroatoms. The van der Waals surface area contributed by atoms with Crippen molar-refractivity contribution >= 4 is 5.78 Å². The average molecular weight is 170 g/mol. The number of hydrogen-bond acceptors (Lipinski definition) is 3. The van der Waals surface area contributed by atoms with Gasteiger partial charge in [0.05, 0.1) is 6.10 Å². The maximum Gasteiger partial charge on any atom is 0.163 e. The van der Waals surface area contributed by atoms with Crippen LogP contribution in [0.3, 0.4) is 0 Å². The second-order valence-electron chi connectivity index (χ2n) is 3.29. The van der Waals surface area contributed by atoms with E-state index in [2.05, 4.69) is 0 Å². The Hall–Kier alpha value is -0.670. The van der Waals surface area contributed by atoms with Crippen LogP contribution in [0.1, 0.15) is 20.3 Å². The minimum absolute atomic E-state index is 0.118. The lowest BCUT2D eigenvalue weighted by Crippen LogP contribution is -2.31. The van der Waals surface area contributed by atoms with E-state index in [1.165, 1.54) is 0 Å². The zero-order valence-corrected chi connectivity index (χ0v) is 7.66. The highest BCUT2D eigenvalue weighted by Crippen LogP contribution is 2.19. The van der Waals surface area contributed by atoms with Gasteiger partial charge in [-0.25, -0.2) is 0 Å². The largest absolute Gasteiger partial charge is 0.354 e. The molecule has 0 amide bonds. The Labute approximate surface area is 72.4 Å². The van der Waals surface area contributed by atoms with E-state index in [1.807, 2.05) is 13.8 Å². The summed E-state index contributed by atoms with van der Waals surface area (Å²) in [6.07, 6.45) is 3.64. The predicted octanol–water partition coefficient (Wildman–Crippen LogP) is 1.28. The summed E-state index contributed by atoms with van der Waals surface area (Å²) in [6, 6.07) is 0. The van der Waals surface area contributed by atoms with Crippen LogP contribution in [0.15, 0.2) is 12.2 Å². The van der Waals surface area contributed by atoms with E-state index in [-0.39, 0.29) is 11.9 Å². The third-order valence-corrected chi connectivity index (χ3v) is 1.83. The highest BCUT2D eigenvalue weighted by atomic mass is 16.7. The Kier molecular flexibility index (Phi) is 2.65. The minimum atomic E-state index is -0.611. The van der Waals surface area contributed by atoms with E-state index >= 15 is 0 Å². The zero-order valence-electron chi connectivity index (χ0n) is 7.66. The zero-order chi connectivity index (χ0) is 9.19. The molecule has 0 bridgehead atoms. The quantitative estimate of drug-likeness (QED) is 0.598. The molecule has 0 saturated carbocycles. The maximum absolute atomic E-state index is 10.8. The molecule has 0 unspecified atom stereocenters. The van der Waals surface area contributed by atoms with E-state index in [0.29, 0.717) is 6.42 Å². The summed E-state index contributed by atoms with van der Waals surface area (Å²) in [5.41, 5.74) is 0. The summed E-state index contributed by atoms with van der Waals surface area (Å²) in [4.78, 5) is 10.8. The van der Waals surface area contributed by atoms with Crippen LogP contribution in [-0.4, -0.2) is 24.8 Å². The van der Waals surface area contributed by atoms with Gasteiger partial charge >= 0.3 is 0 Å². The van der Waals surface area contributed by atoms with Gasteiger partial charge in [-0.05, 0) is 19.9 Å². The van der Waals surface area contributed by atoms with Gasteiger partial charge in [0.2, 0.25) is 0 Å². The van der Waals surface area contributed by atoms with Gasteiger partial charge in [0, 0.05) is 13.5 Å². The number of carbonyl (C=O) groups is 1. The fraction of sp³-hybridized carbons (Fsp3) is 0.667. The first kappa shape index (κ1) is 9.42. The van der Waals surface area contributed by atoms with Crippen molar-refractivity contribution in [3.63, 3.8) is 0 Å². The third kappa shape index (κ3) is 2.43. The standard InChI is InChI=1S/C9H14O3/c1-9(2,11-3)12-8-5-4-7(10)6-8/h4-5,8H,6H2,1-3H3/t8-/m0/s1. The second kappa shape index (κ2) is 3.37. The Bertz CT molecular complexity index is 206. The van der Waals surface area contributed by atoms with Crippen LogP contribution in [-0.2, 0) is 14.3 Å². The molecule has 0 saturated heterocycles. The van der Waals surface area contributed by atoms with E-state index < -0.39 is 5.79 Å². The number of rotatable bonds is 3. The van der Waals surface area contributed by atoms with Crippen molar-refractivity contribution in [3.05, 3.63) is 12.2 Å². The molecule has 0 aromatic rings. The molecule has 0 heterocycles. The van der Waals surface area contributed by atoms with E-state index in [9.17, 15) is 4.79 Å². The highest BCUT2D eigenvalue weighted by Gasteiger charge is 2.25. The molecule has 1 aliphatic rings. The molecule has 0 aliphatic heterocycles. The molecule has 0 aromatic heterocycles. The lowest BCUT2D eigenvalue weighted by Gasteiger charge is -2.26. The van der Waals surface area contributed by atoms with Crippen molar-refractivity contribution in [1.29, 1.82) is 0 Å². The van der Waals surface area contributed by atoms with E-state index in [0.717, 1.165) is 0 Å². The van der Waals surface area contributed by atoms with Gasteiger partial charge in [-0.1, -0.05) is 6.08 Å². The van der Waals surface area contributed by atoms with Gasteiger partial charge in [-0.3, -0.25) is 4.79 Å². The van der Waals surface area contributed by atoms with Crippen LogP contribution < -0.4 is 0 Å². The molecule has 1 atom stereocenters. The van der Waals surface area contributed by atoms with Crippen LogP contribution in [0.4, 0.5) is 0 Å². The Balaban J connectivity index is 2.43. The summed E-state index contributed by atoms with van der Waals surface area (Å²) in [5, 5.41) is 0. The smallest absolute Gasteiger partial charge is 0.163 e. The van der Waals surface area contributed by atoms with Crippen molar-refractivity contribution in [1.82, 2.24) is 0 Å². The number of ether oxygens (including phenoxy) is 2. The number of ketones is 1. The molecule has 0 aromatic carbocycles. The Morgan fingerprint density at radius 2 is 2.25 bits per heavy atom. The third-order valence-electron chi connectivity index (χ3n) is 1.83. The van der Waals surface area contributed by atoms with Crippen molar-refractivity contribution in [3.8, 4) is 0 Å². The molecule has 0 radical (unpaired) electrons. The fourth-order valence-electron chi connectivity index (χ4n) is 1.04. The Morgan fingerprint density at radius 3 is 2.67 bits per heavy atom. The first-order valence-corrected chi connectivity index (χ1v) is 3.97. The Morgan fingerprint density at radius 1 is 1.58 bits per heavy atom. The van der Waals surface area contributed by atoms with Crippen molar-refractivity contribution in [2.75, 3.05) is 7.11 Å². The molecule has 12 heavy (non-hydrogen) atoms. The summed E-state index contributed by atoms with van der Waals surface area (Å²) in [6.45, 7) is 3.65. The van der Waals surface area contributed by atoms with Crippen molar-refractivity contribution < 1.29 is 14.3 Å². The first-order valence-electron chi connectivity index (χ1n) is 3.97. The summed E-state index contributed by atoms with van der Waals surface area (Å²) in [5.74, 6) is -0.494. The lowest BCUT2D eigenvalue weighted by atomic mass is 10.3. The van der Waals surface area contributed by atoms with Crippen LogP contribution in [0.2, 0.25) is 0 Å². The number of hydrogen-bond donors (Lipinski definition) is 0. The molecule has 0 spiro atoms. The summed E-state index contributed by atoms with van der Waals surface area (Å²) in [7, 11) is 1.58. The lowest BCUT2D eigenvalue weighted by molar-refractivity contribution is -0.212. The van der Waals surface area contributed by atoms with Crippen molar-refractivity contribution in [2.24, 2.45) is 0 Å². The van der Waals surface area contributed by atoms with Crippen molar-refractivity contribution in [2.45, 2.75) is 32.2 Å². The maximum atomic E-state index is 10.8. The molecule has 0 N–H and O–H groups in total. The van der Waals surface area contributed by atoms with Gasteiger partial charge in [0.25, 0.3) is 0 Å². The average Bonchev–Trinajstić information content (AvgIpc) is 2.35. The molecule has 0 fully saturated rings. The molecule has 1 aliphatic carbocycles. The number of carbonyl (C=O) groups excluding carboxylic acids is 1. The highest BCUT2D eigenvalue weighted by molar-refractivity contribution is 5.92. The molecule has 1 rings (SSSR count). The fourth-order valence-corrected chi connectivity index (χ4v) is 1.04. The SMILES string of the molecule is COC(C)(C)O[C@H]1C=CC(=O)C1. The minimum Gasteiger partial charge on any atom is -0.354 e. The van der Waals surface area contributed by atoms with Gasteiger partial charge in [0.1, 0.15) is 0 Å². The van der Waals surface area contributed by atoms with E-state index in [1.54, 1.807) is 19.3 Å². The van der Waals surface area contributed by atoms with Crippen LogP contribution >= 0.6 is 0 Å². The molecular formula is C9H14O3. The number of allylic oxidation sites excluding steroid dienone is 1. The monoisotopic (exact) mass is 170 g/mol. The van der Waals surface area contributed by atoms with E-state index in [4.69, 9.17) is 9.47 Å². The van der Waals surface area contributed by atoms with Crippen LogP contribution in [0.25, 0.3) is 0 Å². The summed E-state index contributed by atoms with van der Waals surface area (Å²) < 4.78 is 10.6. The molecular weight excluding hydrogens is 156 g/mol. The first-order chi connectivity index (χ1) is 5.53. The second-order valence-corrected chi connectivity index (χ2v) is 3.29. The molecule has 68 valence electrons. The normalized spacial score (nSPS) is 23.6. The van der Waals surface area contributed by atoms with Gasteiger partial charge in [-0.15, -0.1) is 0 Å². The van der Waals surface area contributed by atoms with Crippen LogP contribution in [0.5, 0.6) is 0 Å². The van der Waals surface area contributed by atoms with Gasteiger partial charge in [-0.2, -0.15) is 0 Å². The number of methoxy groups -OCH3 is 1. The summed E-state index contributed by atoms with van der Waals surface area (Å²) >= 11 is 0. The predicted molar refractivity (Wildman–Crippen MR) is 44.7 cm³/mol. The molecule has 3 nitrogen and oxygen atoms in total. The van der Waals surface area contributed by atoms with Crippen LogP contribution in [0, 0.1) is 0 Å². The topological polar surface area (TPSA) is 35.5 Å².